The summed E-state index contributed by atoms with van der Waals surface area (Å²) in [5.74, 6) is -1.18. The maximum atomic E-state index is 12.0. The molecule has 17 heavy (non-hydrogen) atoms. The van der Waals surface area contributed by atoms with Gasteiger partial charge < -0.3 is 22.1 Å². The molecule has 0 fully saturated rings. The molecular formula is C10H20N4O3. The van der Waals surface area contributed by atoms with Crippen LogP contribution in [0.2, 0.25) is 0 Å². The fraction of sp³-hybridized carbons (Fsp3) is 0.700. The standard InChI is InChI=1S/C10H20N4O3/c1-5-10(4,14-8(12)17)7(16)13-9(2,3)6(11)15/h5H2,1-4H3,(H2,11,15)(H,13,16)(H3,12,14,17). The van der Waals surface area contributed by atoms with Crippen molar-refractivity contribution in [1.29, 1.82) is 0 Å². The zero-order valence-corrected chi connectivity index (χ0v) is 10.6. The van der Waals surface area contributed by atoms with E-state index >= 15 is 0 Å². The van der Waals surface area contributed by atoms with Crippen molar-refractivity contribution in [3.05, 3.63) is 0 Å². The van der Waals surface area contributed by atoms with E-state index in [4.69, 9.17) is 11.5 Å². The molecule has 0 saturated heterocycles. The number of nitrogens with two attached hydrogens (primary N) is 2. The van der Waals surface area contributed by atoms with Crippen molar-refractivity contribution < 1.29 is 14.4 Å². The van der Waals surface area contributed by atoms with E-state index in [1.165, 1.54) is 20.8 Å². The van der Waals surface area contributed by atoms with E-state index in [-0.39, 0.29) is 0 Å². The minimum atomic E-state index is -1.19. The van der Waals surface area contributed by atoms with Crippen molar-refractivity contribution in [1.82, 2.24) is 10.6 Å². The second-order valence-corrected chi connectivity index (χ2v) is 4.62. The summed E-state index contributed by atoms with van der Waals surface area (Å²) >= 11 is 0. The molecule has 1 atom stereocenters. The Kier molecular flexibility index (Phi) is 4.50. The molecule has 0 aliphatic carbocycles. The average molecular weight is 244 g/mol. The zero-order valence-electron chi connectivity index (χ0n) is 10.6. The summed E-state index contributed by atoms with van der Waals surface area (Å²) in [6, 6.07) is -0.804. The monoisotopic (exact) mass is 244 g/mol. The second kappa shape index (κ2) is 5.03. The van der Waals surface area contributed by atoms with Gasteiger partial charge in [-0.2, -0.15) is 0 Å². The molecule has 7 heteroatoms. The summed E-state index contributed by atoms with van der Waals surface area (Å²) in [6.45, 7) is 6.19. The third kappa shape index (κ3) is 3.93. The van der Waals surface area contributed by atoms with Gasteiger partial charge in [0.1, 0.15) is 11.1 Å². The van der Waals surface area contributed by atoms with E-state index in [1.54, 1.807) is 6.92 Å². The first-order valence-corrected chi connectivity index (χ1v) is 5.25. The molecule has 0 rings (SSSR count). The van der Waals surface area contributed by atoms with Crippen molar-refractivity contribution in [3.8, 4) is 0 Å². The maximum Gasteiger partial charge on any atom is 0.313 e. The molecule has 6 N–H and O–H groups in total. The summed E-state index contributed by atoms with van der Waals surface area (Å²) in [4.78, 5) is 33.9. The van der Waals surface area contributed by atoms with Crippen LogP contribution in [0.15, 0.2) is 0 Å². The van der Waals surface area contributed by atoms with Gasteiger partial charge in [0.2, 0.25) is 11.8 Å². The number of carbonyl (C=O) groups excluding carboxylic acids is 3. The number of carbonyl (C=O) groups is 3. The highest BCUT2D eigenvalue weighted by Gasteiger charge is 2.37. The van der Waals surface area contributed by atoms with Crippen LogP contribution >= 0.6 is 0 Å². The van der Waals surface area contributed by atoms with Crippen molar-refractivity contribution in [2.75, 3.05) is 0 Å². The van der Waals surface area contributed by atoms with Gasteiger partial charge in [-0.25, -0.2) is 4.79 Å². The molecule has 0 spiro atoms. The van der Waals surface area contributed by atoms with Crippen LogP contribution in [-0.4, -0.2) is 28.9 Å². The van der Waals surface area contributed by atoms with E-state index in [9.17, 15) is 14.4 Å². The number of nitrogens with one attached hydrogen (secondary N) is 2. The predicted molar refractivity (Wildman–Crippen MR) is 62.8 cm³/mol. The smallest absolute Gasteiger partial charge is 0.313 e. The van der Waals surface area contributed by atoms with E-state index in [0.29, 0.717) is 6.42 Å². The summed E-state index contributed by atoms with van der Waals surface area (Å²) in [7, 11) is 0. The Labute approximate surface area is 100 Å². The van der Waals surface area contributed by atoms with Crippen molar-refractivity contribution >= 4 is 17.8 Å². The van der Waals surface area contributed by atoms with E-state index in [1.807, 2.05) is 0 Å². The summed E-state index contributed by atoms with van der Waals surface area (Å²) in [5.41, 5.74) is 7.78. The average Bonchev–Trinajstić information content (AvgIpc) is 2.15. The molecule has 0 heterocycles. The predicted octanol–water partition coefficient (Wildman–Crippen LogP) is -0.796. The lowest BCUT2D eigenvalue weighted by Crippen LogP contribution is -2.63. The Balaban J connectivity index is 4.89. The number of urea groups is 1. The largest absolute Gasteiger partial charge is 0.368 e. The van der Waals surface area contributed by atoms with Gasteiger partial charge in [0.25, 0.3) is 0 Å². The van der Waals surface area contributed by atoms with Gasteiger partial charge in [-0.05, 0) is 27.2 Å². The summed E-state index contributed by atoms with van der Waals surface area (Å²) < 4.78 is 0. The van der Waals surface area contributed by atoms with Crippen LogP contribution in [0.4, 0.5) is 4.79 Å². The van der Waals surface area contributed by atoms with Gasteiger partial charge in [-0.1, -0.05) is 6.92 Å². The molecule has 0 aliphatic heterocycles. The number of primary amides is 2. The Morgan fingerprint density at radius 3 is 1.82 bits per heavy atom. The first-order valence-electron chi connectivity index (χ1n) is 5.25. The van der Waals surface area contributed by atoms with Crippen LogP contribution in [0, 0.1) is 0 Å². The van der Waals surface area contributed by atoms with Gasteiger partial charge >= 0.3 is 6.03 Å². The van der Waals surface area contributed by atoms with Crippen molar-refractivity contribution in [2.45, 2.75) is 45.2 Å². The normalized spacial score (nSPS) is 14.6. The third-order valence-electron chi connectivity index (χ3n) is 2.65. The van der Waals surface area contributed by atoms with Crippen LogP contribution in [0.5, 0.6) is 0 Å². The number of hydrogen-bond acceptors (Lipinski definition) is 3. The van der Waals surface area contributed by atoms with Crippen LogP contribution in [-0.2, 0) is 9.59 Å². The van der Waals surface area contributed by atoms with E-state index in [2.05, 4.69) is 10.6 Å². The molecule has 4 amide bonds. The van der Waals surface area contributed by atoms with Crippen LogP contribution in [0.3, 0.4) is 0 Å². The molecule has 0 aromatic carbocycles. The van der Waals surface area contributed by atoms with E-state index in [0.717, 1.165) is 0 Å². The lowest BCUT2D eigenvalue weighted by Gasteiger charge is -2.32. The molecule has 0 radical (unpaired) electrons. The maximum absolute atomic E-state index is 12.0. The number of rotatable bonds is 5. The SMILES string of the molecule is CCC(C)(NC(N)=O)C(=O)NC(C)(C)C(N)=O. The molecule has 7 nitrogen and oxygen atoms in total. The first kappa shape index (κ1) is 15.2. The Hall–Kier alpha value is -1.79. The minimum absolute atomic E-state index is 0.330. The topological polar surface area (TPSA) is 127 Å². The Bertz CT molecular complexity index is 340. The highest BCUT2D eigenvalue weighted by atomic mass is 16.2. The quantitative estimate of drug-likeness (QED) is 0.505. The van der Waals surface area contributed by atoms with Crippen LogP contribution < -0.4 is 22.1 Å². The lowest BCUT2D eigenvalue weighted by atomic mass is 9.95. The van der Waals surface area contributed by atoms with Gasteiger partial charge in [-0.15, -0.1) is 0 Å². The Morgan fingerprint density at radius 1 is 1.06 bits per heavy atom. The minimum Gasteiger partial charge on any atom is -0.368 e. The van der Waals surface area contributed by atoms with Crippen molar-refractivity contribution in [2.24, 2.45) is 11.5 Å². The molecule has 0 aromatic heterocycles. The summed E-state index contributed by atoms with van der Waals surface area (Å²) in [5, 5.41) is 4.81. The van der Waals surface area contributed by atoms with Gasteiger partial charge in [0.05, 0.1) is 0 Å². The van der Waals surface area contributed by atoms with Crippen LogP contribution in [0.25, 0.3) is 0 Å². The molecule has 0 bridgehead atoms. The van der Waals surface area contributed by atoms with Crippen LogP contribution in [0.1, 0.15) is 34.1 Å². The highest BCUT2D eigenvalue weighted by Crippen LogP contribution is 2.12. The summed E-state index contributed by atoms with van der Waals surface area (Å²) in [6.07, 6.45) is 0.330. The van der Waals surface area contributed by atoms with Gasteiger partial charge in [0, 0.05) is 0 Å². The van der Waals surface area contributed by atoms with E-state index < -0.39 is 28.9 Å². The van der Waals surface area contributed by atoms with Gasteiger partial charge in [0.15, 0.2) is 0 Å². The fourth-order valence-electron chi connectivity index (χ4n) is 1.06. The number of hydrogen-bond donors (Lipinski definition) is 4. The lowest BCUT2D eigenvalue weighted by molar-refractivity contribution is -0.133. The molecule has 0 saturated carbocycles. The number of amides is 4. The molecular weight excluding hydrogens is 224 g/mol. The zero-order chi connectivity index (χ0) is 13.9. The highest BCUT2D eigenvalue weighted by molar-refractivity contribution is 5.95. The second-order valence-electron chi connectivity index (χ2n) is 4.62. The first-order chi connectivity index (χ1) is 7.55. The Morgan fingerprint density at radius 2 is 1.53 bits per heavy atom. The molecule has 98 valence electrons. The fourth-order valence-corrected chi connectivity index (χ4v) is 1.06. The molecule has 1 unspecified atom stereocenters. The van der Waals surface area contributed by atoms with Gasteiger partial charge in [-0.3, -0.25) is 9.59 Å². The molecule has 0 aromatic rings. The molecule has 0 aliphatic rings. The third-order valence-corrected chi connectivity index (χ3v) is 2.65. The van der Waals surface area contributed by atoms with Crippen molar-refractivity contribution in [3.63, 3.8) is 0 Å².